The van der Waals surface area contributed by atoms with Crippen molar-refractivity contribution in [3.8, 4) is 5.75 Å². The van der Waals surface area contributed by atoms with Crippen LogP contribution in [0.5, 0.6) is 5.75 Å². The zero-order valence-electron chi connectivity index (χ0n) is 8.34. The number of methoxy groups -OCH3 is 1. The van der Waals surface area contributed by atoms with Crippen LogP contribution in [0.1, 0.15) is 22.3 Å². The van der Waals surface area contributed by atoms with Gasteiger partial charge in [-0.15, -0.1) is 11.6 Å². The minimum absolute atomic E-state index is 0.0661. The van der Waals surface area contributed by atoms with Crippen LogP contribution in [0, 0.1) is 6.92 Å². The number of alkyl halides is 1. The lowest BCUT2D eigenvalue weighted by Gasteiger charge is -2.08. The van der Waals surface area contributed by atoms with Crippen molar-refractivity contribution in [3.05, 3.63) is 29.3 Å². The first-order chi connectivity index (χ1) is 6.70. The standard InChI is InChI=1S/C11H13ClO2/c1-8-9(10(13)6-7-12)4-3-5-11(8)14-2/h3-5H,6-7H2,1-2H3. The van der Waals surface area contributed by atoms with Crippen molar-refractivity contribution in [2.45, 2.75) is 13.3 Å². The Labute approximate surface area is 88.8 Å². The second-order valence-electron chi connectivity index (χ2n) is 2.99. The number of hydrogen-bond donors (Lipinski definition) is 0. The molecule has 0 N–H and O–H groups in total. The molecule has 0 bridgehead atoms. The van der Waals surface area contributed by atoms with Crippen LogP contribution in [0.2, 0.25) is 0 Å². The maximum absolute atomic E-state index is 11.6. The topological polar surface area (TPSA) is 26.3 Å². The van der Waals surface area contributed by atoms with Gasteiger partial charge < -0.3 is 4.74 Å². The highest BCUT2D eigenvalue weighted by atomic mass is 35.5. The van der Waals surface area contributed by atoms with Crippen LogP contribution >= 0.6 is 11.6 Å². The fraction of sp³-hybridized carbons (Fsp3) is 0.364. The molecule has 1 rings (SSSR count). The lowest BCUT2D eigenvalue weighted by Crippen LogP contribution is -2.03. The van der Waals surface area contributed by atoms with Crippen LogP contribution in [-0.4, -0.2) is 18.8 Å². The van der Waals surface area contributed by atoms with Gasteiger partial charge in [0.2, 0.25) is 0 Å². The maximum Gasteiger partial charge on any atom is 0.164 e. The van der Waals surface area contributed by atoms with Crippen molar-refractivity contribution in [2.75, 3.05) is 13.0 Å². The molecule has 1 aromatic rings. The normalized spacial score (nSPS) is 9.93. The third-order valence-electron chi connectivity index (χ3n) is 2.13. The Morgan fingerprint density at radius 1 is 1.50 bits per heavy atom. The molecule has 0 aliphatic heterocycles. The van der Waals surface area contributed by atoms with E-state index in [9.17, 15) is 4.79 Å². The molecule has 0 aliphatic rings. The Balaban J connectivity index is 3.03. The highest BCUT2D eigenvalue weighted by Crippen LogP contribution is 2.21. The van der Waals surface area contributed by atoms with Gasteiger partial charge in [-0.3, -0.25) is 4.79 Å². The van der Waals surface area contributed by atoms with Gasteiger partial charge in [0.25, 0.3) is 0 Å². The molecule has 0 amide bonds. The number of carbonyl (C=O) groups is 1. The number of ether oxygens (including phenoxy) is 1. The highest BCUT2D eigenvalue weighted by molar-refractivity contribution is 6.19. The summed E-state index contributed by atoms with van der Waals surface area (Å²) in [6, 6.07) is 5.45. The summed E-state index contributed by atoms with van der Waals surface area (Å²) in [5, 5.41) is 0. The van der Waals surface area contributed by atoms with E-state index in [0.717, 1.165) is 11.3 Å². The van der Waals surface area contributed by atoms with Gasteiger partial charge in [0.05, 0.1) is 7.11 Å². The van der Waals surface area contributed by atoms with Crippen molar-refractivity contribution in [2.24, 2.45) is 0 Å². The zero-order chi connectivity index (χ0) is 10.6. The number of halogens is 1. The van der Waals surface area contributed by atoms with Crippen LogP contribution in [0.3, 0.4) is 0 Å². The van der Waals surface area contributed by atoms with E-state index in [1.807, 2.05) is 19.1 Å². The number of rotatable bonds is 4. The number of hydrogen-bond acceptors (Lipinski definition) is 2. The molecule has 0 atom stereocenters. The van der Waals surface area contributed by atoms with Gasteiger partial charge >= 0.3 is 0 Å². The molecule has 0 aliphatic carbocycles. The summed E-state index contributed by atoms with van der Waals surface area (Å²) in [6.45, 7) is 1.88. The number of ketones is 1. The summed E-state index contributed by atoms with van der Waals surface area (Å²) >= 11 is 5.52. The number of carbonyl (C=O) groups excluding carboxylic acids is 1. The Kier molecular flexibility index (Phi) is 3.96. The molecule has 2 nitrogen and oxygen atoms in total. The number of Topliss-reactive ketones (excluding diaryl/α,β-unsaturated/α-hetero) is 1. The molecule has 76 valence electrons. The smallest absolute Gasteiger partial charge is 0.164 e. The summed E-state index contributed by atoms with van der Waals surface area (Å²) in [5.41, 5.74) is 1.58. The quantitative estimate of drug-likeness (QED) is 0.567. The first-order valence-electron chi connectivity index (χ1n) is 4.43. The molecule has 0 aromatic heterocycles. The van der Waals surface area contributed by atoms with Crippen molar-refractivity contribution < 1.29 is 9.53 Å². The molecule has 0 saturated carbocycles. The van der Waals surface area contributed by atoms with Gasteiger partial charge in [0.1, 0.15) is 5.75 Å². The minimum atomic E-state index is 0.0661. The lowest BCUT2D eigenvalue weighted by atomic mass is 10.0. The average molecular weight is 213 g/mol. The van der Waals surface area contributed by atoms with E-state index in [1.54, 1.807) is 13.2 Å². The molecule has 0 heterocycles. The minimum Gasteiger partial charge on any atom is -0.496 e. The second-order valence-corrected chi connectivity index (χ2v) is 3.37. The molecule has 0 radical (unpaired) electrons. The zero-order valence-corrected chi connectivity index (χ0v) is 9.10. The van der Waals surface area contributed by atoms with E-state index in [0.29, 0.717) is 17.9 Å². The summed E-state index contributed by atoms with van der Waals surface area (Å²) in [7, 11) is 1.60. The molecule has 14 heavy (non-hydrogen) atoms. The summed E-state index contributed by atoms with van der Waals surface area (Å²) < 4.78 is 5.13. The largest absolute Gasteiger partial charge is 0.496 e. The summed E-state index contributed by atoms with van der Waals surface area (Å²) in [5.74, 6) is 1.16. The first-order valence-corrected chi connectivity index (χ1v) is 4.97. The van der Waals surface area contributed by atoms with Gasteiger partial charge in [-0.25, -0.2) is 0 Å². The Hall–Kier alpha value is -1.02. The van der Waals surface area contributed by atoms with Crippen LogP contribution < -0.4 is 4.74 Å². The fourth-order valence-electron chi connectivity index (χ4n) is 1.36. The predicted molar refractivity (Wildman–Crippen MR) is 57.4 cm³/mol. The predicted octanol–water partition coefficient (Wildman–Crippen LogP) is 2.82. The second kappa shape index (κ2) is 5.01. The fourth-order valence-corrected chi connectivity index (χ4v) is 1.53. The molecule has 1 aromatic carbocycles. The monoisotopic (exact) mass is 212 g/mol. The van der Waals surface area contributed by atoms with Gasteiger partial charge in [-0.05, 0) is 13.0 Å². The Bertz CT molecular complexity index is 334. The molecule has 0 fully saturated rings. The maximum atomic E-state index is 11.6. The van der Waals surface area contributed by atoms with Crippen molar-refractivity contribution in [3.63, 3.8) is 0 Å². The van der Waals surface area contributed by atoms with Crippen molar-refractivity contribution in [1.82, 2.24) is 0 Å². The van der Waals surface area contributed by atoms with E-state index in [-0.39, 0.29) is 5.78 Å². The van der Waals surface area contributed by atoms with E-state index in [4.69, 9.17) is 16.3 Å². The van der Waals surface area contributed by atoms with Gasteiger partial charge in [-0.2, -0.15) is 0 Å². The van der Waals surface area contributed by atoms with E-state index in [2.05, 4.69) is 0 Å². The molecular formula is C11H13ClO2. The average Bonchev–Trinajstić information content (AvgIpc) is 2.18. The van der Waals surface area contributed by atoms with Gasteiger partial charge in [-0.1, -0.05) is 12.1 Å². The third kappa shape index (κ3) is 2.26. The SMILES string of the molecule is COc1cccc(C(=O)CCCl)c1C. The van der Waals surface area contributed by atoms with Crippen LogP contribution in [-0.2, 0) is 0 Å². The van der Waals surface area contributed by atoms with Crippen LogP contribution in [0.4, 0.5) is 0 Å². The summed E-state index contributed by atoms with van der Waals surface area (Å²) in [6.07, 6.45) is 0.371. The first kappa shape index (κ1) is 11.1. The molecule has 3 heteroatoms. The van der Waals surface area contributed by atoms with Crippen LogP contribution in [0.15, 0.2) is 18.2 Å². The Morgan fingerprint density at radius 3 is 2.79 bits per heavy atom. The Morgan fingerprint density at radius 2 is 2.21 bits per heavy atom. The highest BCUT2D eigenvalue weighted by Gasteiger charge is 2.10. The number of benzene rings is 1. The molecular weight excluding hydrogens is 200 g/mol. The molecule has 0 saturated heterocycles. The van der Waals surface area contributed by atoms with Crippen molar-refractivity contribution in [1.29, 1.82) is 0 Å². The summed E-state index contributed by atoms with van der Waals surface area (Å²) in [4.78, 5) is 11.6. The molecule has 0 spiro atoms. The van der Waals surface area contributed by atoms with E-state index < -0.39 is 0 Å². The molecule has 0 unspecified atom stereocenters. The lowest BCUT2D eigenvalue weighted by molar-refractivity contribution is 0.0988. The van der Waals surface area contributed by atoms with Gasteiger partial charge in [0.15, 0.2) is 5.78 Å². The van der Waals surface area contributed by atoms with Gasteiger partial charge in [0, 0.05) is 23.4 Å². The van der Waals surface area contributed by atoms with E-state index in [1.165, 1.54) is 0 Å². The van der Waals surface area contributed by atoms with Crippen LogP contribution in [0.25, 0.3) is 0 Å². The van der Waals surface area contributed by atoms with E-state index >= 15 is 0 Å². The van der Waals surface area contributed by atoms with Crippen molar-refractivity contribution >= 4 is 17.4 Å². The third-order valence-corrected chi connectivity index (χ3v) is 2.31.